The molecule has 0 saturated heterocycles. The highest BCUT2D eigenvalue weighted by Gasteiger charge is 2.12. The van der Waals surface area contributed by atoms with Crippen LogP contribution in [-0.4, -0.2) is 31.5 Å². The molecule has 0 unspecified atom stereocenters. The number of nitrogens with one attached hydrogen (secondary N) is 1. The molecule has 0 spiro atoms. The Morgan fingerprint density at radius 3 is 2.66 bits per heavy atom. The summed E-state index contributed by atoms with van der Waals surface area (Å²) in [7, 11) is 0. The van der Waals surface area contributed by atoms with Crippen LogP contribution in [0.1, 0.15) is 11.1 Å². The Balaban J connectivity index is 1.50. The van der Waals surface area contributed by atoms with Gasteiger partial charge < -0.3 is 5.32 Å². The lowest BCUT2D eigenvalue weighted by Crippen LogP contribution is -2.15. The number of rotatable bonds is 5. The summed E-state index contributed by atoms with van der Waals surface area (Å²) >= 11 is 4.75. The number of nitrogens with zero attached hydrogens (tertiary/aromatic N) is 4. The van der Waals surface area contributed by atoms with Gasteiger partial charge in [0.25, 0.3) is 0 Å². The molecule has 146 valence electrons. The number of aromatic nitrogens is 4. The highest BCUT2D eigenvalue weighted by atomic mass is 79.9. The van der Waals surface area contributed by atoms with E-state index in [1.807, 2.05) is 68.4 Å². The smallest absolute Gasteiger partial charge is 0.234 e. The van der Waals surface area contributed by atoms with Crippen molar-refractivity contribution in [2.75, 3.05) is 11.1 Å². The highest BCUT2D eigenvalue weighted by Crippen LogP contribution is 2.23. The maximum atomic E-state index is 12.4. The van der Waals surface area contributed by atoms with E-state index in [0.29, 0.717) is 10.8 Å². The molecule has 29 heavy (non-hydrogen) atoms. The molecule has 2 aromatic heterocycles. The summed E-state index contributed by atoms with van der Waals surface area (Å²) in [5.41, 5.74) is 5.41. The number of halogens is 1. The standard InChI is InChI=1S/C21H18BrN5OS/c1-13-3-4-14(2)18(11-13)23-20(28)12-29-21-25-24-19-10-9-17(26-27(19)21)15-5-7-16(22)8-6-15/h3-11H,12H2,1-2H3,(H,23,28). The van der Waals surface area contributed by atoms with E-state index in [1.165, 1.54) is 11.8 Å². The molecular weight excluding hydrogens is 450 g/mol. The van der Waals surface area contributed by atoms with Gasteiger partial charge in [0.15, 0.2) is 5.65 Å². The number of hydrogen-bond donors (Lipinski definition) is 1. The molecule has 0 saturated carbocycles. The van der Waals surface area contributed by atoms with E-state index in [0.717, 1.165) is 32.5 Å². The van der Waals surface area contributed by atoms with Crippen LogP contribution in [0.3, 0.4) is 0 Å². The van der Waals surface area contributed by atoms with Crippen molar-refractivity contribution in [2.45, 2.75) is 19.0 Å². The Labute approximate surface area is 180 Å². The molecule has 0 radical (unpaired) electrons. The van der Waals surface area contributed by atoms with Crippen molar-refractivity contribution in [3.8, 4) is 11.3 Å². The lowest BCUT2D eigenvalue weighted by molar-refractivity contribution is -0.113. The third kappa shape index (κ3) is 4.49. The predicted octanol–water partition coefficient (Wildman–Crippen LogP) is 4.90. The zero-order chi connectivity index (χ0) is 20.4. The molecule has 0 aliphatic rings. The molecule has 1 amide bonds. The van der Waals surface area contributed by atoms with Gasteiger partial charge in [-0.1, -0.05) is 52.0 Å². The van der Waals surface area contributed by atoms with E-state index in [2.05, 4.69) is 36.5 Å². The number of hydrogen-bond acceptors (Lipinski definition) is 5. The van der Waals surface area contributed by atoms with E-state index in [4.69, 9.17) is 0 Å². The highest BCUT2D eigenvalue weighted by molar-refractivity contribution is 9.10. The first-order valence-electron chi connectivity index (χ1n) is 8.98. The largest absolute Gasteiger partial charge is 0.325 e. The maximum Gasteiger partial charge on any atom is 0.234 e. The van der Waals surface area contributed by atoms with Crippen molar-refractivity contribution in [1.82, 2.24) is 19.8 Å². The minimum Gasteiger partial charge on any atom is -0.325 e. The molecule has 6 nitrogen and oxygen atoms in total. The molecule has 0 fully saturated rings. The second-order valence-electron chi connectivity index (χ2n) is 6.63. The Hall–Kier alpha value is -2.71. The number of fused-ring (bicyclic) bond motifs is 1. The molecule has 4 rings (SSSR count). The normalized spacial score (nSPS) is 11.0. The summed E-state index contributed by atoms with van der Waals surface area (Å²) in [6.45, 7) is 3.97. The first-order valence-corrected chi connectivity index (χ1v) is 10.8. The Kier molecular flexibility index (Phi) is 5.64. The molecule has 4 aromatic rings. The van der Waals surface area contributed by atoms with Crippen LogP contribution >= 0.6 is 27.7 Å². The van der Waals surface area contributed by atoms with Gasteiger partial charge in [-0.25, -0.2) is 0 Å². The maximum absolute atomic E-state index is 12.4. The monoisotopic (exact) mass is 467 g/mol. The lowest BCUT2D eigenvalue weighted by atomic mass is 10.1. The van der Waals surface area contributed by atoms with E-state index in [9.17, 15) is 4.79 Å². The topological polar surface area (TPSA) is 72.2 Å². The van der Waals surface area contributed by atoms with Gasteiger partial charge in [-0.2, -0.15) is 9.61 Å². The number of benzene rings is 2. The second-order valence-corrected chi connectivity index (χ2v) is 8.49. The van der Waals surface area contributed by atoms with Gasteiger partial charge in [-0.3, -0.25) is 4.79 Å². The summed E-state index contributed by atoms with van der Waals surface area (Å²) in [6, 6.07) is 17.7. The molecule has 0 atom stereocenters. The average molecular weight is 468 g/mol. The van der Waals surface area contributed by atoms with Crippen LogP contribution in [0.15, 0.2) is 64.2 Å². The first kappa shape index (κ1) is 19.6. The summed E-state index contributed by atoms with van der Waals surface area (Å²) in [5, 5.41) is 16.5. The molecule has 0 aliphatic carbocycles. The molecule has 0 aliphatic heterocycles. The Morgan fingerprint density at radius 1 is 1.07 bits per heavy atom. The number of anilines is 1. The third-order valence-corrected chi connectivity index (χ3v) is 5.82. The fourth-order valence-electron chi connectivity index (χ4n) is 2.82. The number of thioether (sulfide) groups is 1. The van der Waals surface area contributed by atoms with E-state index >= 15 is 0 Å². The molecule has 1 N–H and O–H groups in total. The quantitative estimate of drug-likeness (QED) is 0.422. The minimum absolute atomic E-state index is 0.0930. The summed E-state index contributed by atoms with van der Waals surface area (Å²) in [6.07, 6.45) is 0. The number of amides is 1. The zero-order valence-electron chi connectivity index (χ0n) is 15.9. The molecule has 2 aromatic carbocycles. The van der Waals surface area contributed by atoms with Crippen molar-refractivity contribution < 1.29 is 4.79 Å². The van der Waals surface area contributed by atoms with Crippen molar-refractivity contribution in [1.29, 1.82) is 0 Å². The van der Waals surface area contributed by atoms with Gasteiger partial charge in [-0.05, 0) is 55.3 Å². The molecule has 8 heteroatoms. The Morgan fingerprint density at radius 2 is 1.86 bits per heavy atom. The number of carbonyl (C=O) groups excluding carboxylic acids is 1. The number of aryl methyl sites for hydroxylation is 2. The first-order chi connectivity index (χ1) is 14.0. The van der Waals surface area contributed by atoms with Crippen molar-refractivity contribution in [3.63, 3.8) is 0 Å². The second kappa shape index (κ2) is 8.34. The van der Waals surface area contributed by atoms with Gasteiger partial charge in [0.2, 0.25) is 11.1 Å². The summed E-state index contributed by atoms with van der Waals surface area (Å²) in [5.74, 6) is 0.128. The van der Waals surface area contributed by atoms with E-state index < -0.39 is 0 Å². The summed E-state index contributed by atoms with van der Waals surface area (Å²) in [4.78, 5) is 12.4. The minimum atomic E-state index is -0.0930. The van der Waals surface area contributed by atoms with Crippen LogP contribution < -0.4 is 5.32 Å². The van der Waals surface area contributed by atoms with Gasteiger partial charge in [0, 0.05) is 15.7 Å². The van der Waals surface area contributed by atoms with E-state index in [1.54, 1.807) is 4.52 Å². The van der Waals surface area contributed by atoms with Crippen molar-refractivity contribution >= 4 is 44.9 Å². The zero-order valence-corrected chi connectivity index (χ0v) is 18.3. The SMILES string of the molecule is Cc1ccc(C)c(NC(=O)CSc2nnc3ccc(-c4ccc(Br)cc4)nn23)c1. The fraction of sp³-hybridized carbons (Fsp3) is 0.143. The van der Waals surface area contributed by atoms with Crippen LogP contribution in [0.25, 0.3) is 16.9 Å². The molecule has 0 bridgehead atoms. The van der Waals surface area contributed by atoms with Crippen LogP contribution in [0, 0.1) is 13.8 Å². The van der Waals surface area contributed by atoms with Crippen LogP contribution in [-0.2, 0) is 4.79 Å². The van der Waals surface area contributed by atoms with Gasteiger partial charge >= 0.3 is 0 Å². The van der Waals surface area contributed by atoms with Crippen molar-refractivity contribution in [2.24, 2.45) is 0 Å². The third-order valence-electron chi connectivity index (χ3n) is 4.37. The fourth-order valence-corrected chi connectivity index (χ4v) is 3.77. The van der Waals surface area contributed by atoms with Gasteiger partial charge in [0.1, 0.15) is 0 Å². The lowest BCUT2D eigenvalue weighted by Gasteiger charge is -2.09. The predicted molar refractivity (Wildman–Crippen MR) is 119 cm³/mol. The summed E-state index contributed by atoms with van der Waals surface area (Å²) < 4.78 is 2.69. The number of carbonyl (C=O) groups is 1. The molecular formula is C21H18BrN5OS. The Bertz CT molecular complexity index is 1190. The van der Waals surface area contributed by atoms with Gasteiger partial charge in [0.05, 0.1) is 11.4 Å². The van der Waals surface area contributed by atoms with Gasteiger partial charge in [-0.15, -0.1) is 10.2 Å². The van der Waals surface area contributed by atoms with Crippen LogP contribution in [0.2, 0.25) is 0 Å². The van der Waals surface area contributed by atoms with Crippen LogP contribution in [0.4, 0.5) is 5.69 Å². The molecule has 2 heterocycles. The van der Waals surface area contributed by atoms with Crippen LogP contribution in [0.5, 0.6) is 0 Å². The van der Waals surface area contributed by atoms with Crippen molar-refractivity contribution in [3.05, 3.63) is 70.2 Å². The average Bonchev–Trinajstić information content (AvgIpc) is 3.12. The van der Waals surface area contributed by atoms with E-state index in [-0.39, 0.29) is 11.7 Å².